The van der Waals surface area contributed by atoms with Crippen LogP contribution in [-0.4, -0.2) is 40.4 Å². The first-order valence-electron chi connectivity index (χ1n) is 10.0. The van der Waals surface area contributed by atoms with E-state index in [1.807, 2.05) is 0 Å². The monoisotopic (exact) mass is 360 g/mol. The third kappa shape index (κ3) is 2.42. The lowest BCUT2D eigenvalue weighted by Crippen LogP contribution is -2.51. The maximum absolute atomic E-state index is 12.8. The van der Waals surface area contributed by atoms with Gasteiger partial charge < -0.3 is 14.9 Å². The van der Waals surface area contributed by atoms with Gasteiger partial charge in [-0.25, -0.2) is 0 Å². The van der Waals surface area contributed by atoms with Crippen LogP contribution in [-0.2, 0) is 9.53 Å². The lowest BCUT2D eigenvalue weighted by Gasteiger charge is -2.58. The molecule has 3 aliphatic carbocycles. The third-order valence-electron chi connectivity index (χ3n) is 8.15. The number of aliphatic hydroxyl groups excluding tert-OH is 2. The molecule has 3 fully saturated rings. The number of rotatable bonds is 3. The van der Waals surface area contributed by atoms with Gasteiger partial charge in [-0.2, -0.15) is 0 Å². The van der Waals surface area contributed by atoms with Crippen molar-refractivity contribution in [3.8, 4) is 0 Å². The summed E-state index contributed by atoms with van der Waals surface area (Å²) in [6.45, 7) is 11.3. The molecular weight excluding hydrogens is 328 g/mol. The Balaban J connectivity index is 1.65. The van der Waals surface area contributed by atoms with E-state index < -0.39 is 17.8 Å². The minimum Gasteiger partial charge on any atom is -0.392 e. The number of carbonyl (C=O) groups excluding carboxylic acids is 1. The van der Waals surface area contributed by atoms with Crippen molar-refractivity contribution in [2.24, 2.45) is 22.7 Å². The van der Waals surface area contributed by atoms with Gasteiger partial charge in [-0.3, -0.25) is 4.79 Å². The summed E-state index contributed by atoms with van der Waals surface area (Å²) in [4.78, 5) is 12.8. The van der Waals surface area contributed by atoms with Crippen LogP contribution in [0.3, 0.4) is 0 Å². The standard InChI is InChI=1S/C22H32O4/c1-13-6-7-16-20(2,3)8-5-9-21(16,4)15(13)11-22-17(24)10-14(12-23)18(25)19(22)26-22/h10,15-16,18-19,23,25H,1,5-9,11-12H2,2-4H3/t15-,16-,18-,19-,21+,22+/m0/s1. The van der Waals surface area contributed by atoms with Crippen molar-refractivity contribution in [3.63, 3.8) is 0 Å². The third-order valence-corrected chi connectivity index (χ3v) is 8.15. The minimum atomic E-state index is -0.905. The number of ether oxygens (including phenoxy) is 1. The predicted octanol–water partition coefficient (Wildman–Crippen LogP) is 3.18. The van der Waals surface area contributed by atoms with Crippen LogP contribution < -0.4 is 0 Å². The number of allylic oxidation sites excluding steroid dienone is 1. The Hall–Kier alpha value is -0.970. The van der Waals surface area contributed by atoms with Crippen molar-refractivity contribution in [1.29, 1.82) is 0 Å². The lowest BCUT2D eigenvalue weighted by atomic mass is 9.46. The SMILES string of the molecule is C=C1CC[C@H]2C(C)(C)CCC[C@]2(C)[C@H]1C[C@]12O[C@H]1[C@@H](O)C(CO)=CC2=O. The Morgan fingerprint density at radius 2 is 2.04 bits per heavy atom. The summed E-state index contributed by atoms with van der Waals surface area (Å²) in [5, 5.41) is 19.8. The number of ketones is 1. The first-order chi connectivity index (χ1) is 12.2. The van der Waals surface area contributed by atoms with Gasteiger partial charge in [-0.05, 0) is 66.4 Å². The normalized spacial score (nSPS) is 47.0. The second-order valence-corrected chi connectivity index (χ2v) is 9.97. The quantitative estimate of drug-likeness (QED) is 0.599. The molecule has 1 aliphatic heterocycles. The summed E-state index contributed by atoms with van der Waals surface area (Å²) in [5.74, 6) is 0.775. The summed E-state index contributed by atoms with van der Waals surface area (Å²) in [7, 11) is 0. The van der Waals surface area contributed by atoms with E-state index >= 15 is 0 Å². The van der Waals surface area contributed by atoms with Gasteiger partial charge in [0.1, 0.15) is 12.2 Å². The molecule has 6 atom stereocenters. The van der Waals surface area contributed by atoms with Crippen molar-refractivity contribution in [2.75, 3.05) is 6.61 Å². The van der Waals surface area contributed by atoms with E-state index in [2.05, 4.69) is 27.4 Å². The van der Waals surface area contributed by atoms with Gasteiger partial charge in [0, 0.05) is 0 Å². The molecule has 0 aromatic heterocycles. The van der Waals surface area contributed by atoms with Crippen molar-refractivity contribution < 1.29 is 19.7 Å². The zero-order valence-corrected chi connectivity index (χ0v) is 16.3. The van der Waals surface area contributed by atoms with Crippen LogP contribution in [0, 0.1) is 22.7 Å². The van der Waals surface area contributed by atoms with Gasteiger partial charge in [-0.15, -0.1) is 0 Å². The lowest BCUT2D eigenvalue weighted by molar-refractivity contribution is -0.122. The molecule has 26 heavy (non-hydrogen) atoms. The van der Waals surface area contributed by atoms with Crippen LogP contribution in [0.2, 0.25) is 0 Å². The van der Waals surface area contributed by atoms with Gasteiger partial charge in [0.15, 0.2) is 11.4 Å². The zero-order chi connectivity index (χ0) is 18.9. The molecule has 4 aliphatic rings. The van der Waals surface area contributed by atoms with E-state index in [9.17, 15) is 15.0 Å². The summed E-state index contributed by atoms with van der Waals surface area (Å²) in [6.07, 6.45) is 6.49. The number of carbonyl (C=O) groups is 1. The van der Waals surface area contributed by atoms with E-state index in [0.29, 0.717) is 23.3 Å². The van der Waals surface area contributed by atoms with Gasteiger partial charge in [-0.1, -0.05) is 39.3 Å². The first kappa shape index (κ1) is 18.4. The summed E-state index contributed by atoms with van der Waals surface area (Å²) in [6, 6.07) is 0. The molecule has 0 unspecified atom stereocenters. The smallest absolute Gasteiger partial charge is 0.190 e. The number of hydrogen-bond acceptors (Lipinski definition) is 4. The summed E-state index contributed by atoms with van der Waals surface area (Å²) >= 11 is 0. The maximum Gasteiger partial charge on any atom is 0.190 e. The molecule has 2 N–H and O–H groups in total. The van der Waals surface area contributed by atoms with E-state index in [1.165, 1.54) is 37.3 Å². The van der Waals surface area contributed by atoms with Crippen LogP contribution in [0.15, 0.2) is 23.8 Å². The van der Waals surface area contributed by atoms with Crippen LogP contribution in [0.1, 0.15) is 59.3 Å². The summed E-state index contributed by atoms with van der Waals surface area (Å²) < 4.78 is 5.85. The number of aliphatic hydroxyl groups is 2. The molecule has 4 rings (SSSR count). The minimum absolute atomic E-state index is 0.0922. The maximum atomic E-state index is 12.8. The molecule has 0 radical (unpaired) electrons. The van der Waals surface area contributed by atoms with Crippen molar-refractivity contribution in [3.05, 3.63) is 23.8 Å². The van der Waals surface area contributed by atoms with Gasteiger partial charge in [0.2, 0.25) is 0 Å². The second-order valence-electron chi connectivity index (χ2n) is 9.97. The van der Waals surface area contributed by atoms with Gasteiger partial charge in [0.25, 0.3) is 0 Å². The van der Waals surface area contributed by atoms with Crippen molar-refractivity contribution in [1.82, 2.24) is 0 Å². The Morgan fingerprint density at radius 1 is 1.31 bits per heavy atom. The topological polar surface area (TPSA) is 70.1 Å². The second kappa shape index (κ2) is 5.76. The van der Waals surface area contributed by atoms with Crippen LogP contribution in [0.25, 0.3) is 0 Å². The molecular formula is C22H32O4. The highest BCUT2D eigenvalue weighted by Gasteiger charge is 2.69. The van der Waals surface area contributed by atoms with Crippen molar-refractivity contribution >= 4 is 5.78 Å². The average Bonchev–Trinajstić information content (AvgIpc) is 3.30. The fourth-order valence-electron chi connectivity index (χ4n) is 6.64. The van der Waals surface area contributed by atoms with E-state index in [0.717, 1.165) is 6.42 Å². The van der Waals surface area contributed by atoms with Gasteiger partial charge >= 0.3 is 0 Å². The average molecular weight is 360 g/mol. The van der Waals surface area contributed by atoms with Gasteiger partial charge in [0.05, 0.1) is 6.61 Å². The molecule has 4 nitrogen and oxygen atoms in total. The molecule has 1 saturated heterocycles. The van der Waals surface area contributed by atoms with Crippen LogP contribution in [0.5, 0.6) is 0 Å². The molecule has 0 aromatic rings. The molecule has 0 aromatic carbocycles. The highest BCUT2D eigenvalue weighted by molar-refractivity contribution is 6.02. The molecule has 1 heterocycles. The molecule has 0 spiro atoms. The molecule has 2 saturated carbocycles. The number of epoxide rings is 1. The van der Waals surface area contributed by atoms with E-state index in [4.69, 9.17) is 4.74 Å². The summed E-state index contributed by atoms with van der Waals surface area (Å²) in [5.41, 5.74) is 1.16. The Bertz CT molecular complexity index is 678. The highest BCUT2D eigenvalue weighted by atomic mass is 16.6. The first-order valence-corrected chi connectivity index (χ1v) is 10.0. The largest absolute Gasteiger partial charge is 0.392 e. The predicted molar refractivity (Wildman–Crippen MR) is 99.5 cm³/mol. The number of fused-ring (bicyclic) bond motifs is 2. The zero-order valence-electron chi connectivity index (χ0n) is 16.3. The van der Waals surface area contributed by atoms with Crippen LogP contribution >= 0.6 is 0 Å². The fraction of sp³-hybridized carbons (Fsp3) is 0.773. The van der Waals surface area contributed by atoms with E-state index in [1.54, 1.807) is 0 Å². The van der Waals surface area contributed by atoms with Crippen molar-refractivity contribution in [2.45, 2.75) is 77.1 Å². The molecule has 0 amide bonds. The number of hydrogen-bond donors (Lipinski definition) is 2. The Labute approximate surface area is 156 Å². The Kier molecular flexibility index (Phi) is 4.08. The Morgan fingerprint density at radius 3 is 2.73 bits per heavy atom. The van der Waals surface area contributed by atoms with E-state index in [-0.39, 0.29) is 23.7 Å². The fourth-order valence-corrected chi connectivity index (χ4v) is 6.64. The molecule has 4 heteroatoms. The molecule has 144 valence electrons. The highest BCUT2D eigenvalue weighted by Crippen LogP contribution is 2.64. The van der Waals surface area contributed by atoms with Crippen LogP contribution in [0.4, 0.5) is 0 Å². The molecule has 0 bridgehead atoms.